The molecule has 0 radical (unpaired) electrons. The van der Waals surface area contributed by atoms with Gasteiger partial charge in [-0.2, -0.15) is 0 Å². The third-order valence-corrected chi connectivity index (χ3v) is 3.60. The van der Waals surface area contributed by atoms with Gasteiger partial charge in [0.05, 0.1) is 11.1 Å². The van der Waals surface area contributed by atoms with Crippen molar-refractivity contribution in [1.29, 1.82) is 0 Å². The maximum atomic E-state index is 11.6. The fourth-order valence-electron chi connectivity index (χ4n) is 2.62. The Morgan fingerprint density at radius 3 is 2.18 bits per heavy atom. The Balaban J connectivity index is 2.62. The Kier molecular flexibility index (Phi) is 4.94. The summed E-state index contributed by atoms with van der Waals surface area (Å²) in [5.74, 6) is -2.41. The maximum absolute atomic E-state index is 11.6. The molecule has 0 fully saturated rings. The van der Waals surface area contributed by atoms with E-state index in [9.17, 15) is 19.8 Å². The lowest BCUT2D eigenvalue weighted by Crippen LogP contribution is -2.14. The average Bonchev–Trinajstić information content (AvgIpc) is 2.49. The van der Waals surface area contributed by atoms with Gasteiger partial charge in [-0.3, -0.25) is 0 Å². The van der Waals surface area contributed by atoms with Crippen LogP contribution >= 0.6 is 0 Å². The Morgan fingerprint density at radius 1 is 0.955 bits per heavy atom. The van der Waals surface area contributed by atoms with E-state index in [1.165, 1.54) is 6.07 Å². The molecule has 0 aliphatic carbocycles. The first-order valence-corrected chi connectivity index (χ1v) is 7.19. The minimum absolute atomic E-state index is 0.0951. The van der Waals surface area contributed by atoms with Gasteiger partial charge in [0.25, 0.3) is 0 Å². The monoisotopic (exact) mass is 298 g/mol. The SMILES string of the molecule is CCCc1ccc(C(=O)O)c(C(=O)O)c1Cc1ccccc1. The predicted molar refractivity (Wildman–Crippen MR) is 83.6 cm³/mol. The lowest BCUT2D eigenvalue weighted by Gasteiger charge is -2.15. The first-order valence-electron chi connectivity index (χ1n) is 7.19. The van der Waals surface area contributed by atoms with E-state index < -0.39 is 11.9 Å². The van der Waals surface area contributed by atoms with Gasteiger partial charge >= 0.3 is 11.9 Å². The standard InChI is InChI=1S/C18H18O4/c1-2-6-13-9-10-14(17(19)20)16(18(21)22)15(13)11-12-7-4-3-5-8-12/h3-5,7-10H,2,6,11H2,1H3,(H,19,20)(H,21,22). The highest BCUT2D eigenvalue weighted by Crippen LogP contribution is 2.24. The van der Waals surface area contributed by atoms with E-state index in [1.54, 1.807) is 6.07 Å². The maximum Gasteiger partial charge on any atom is 0.336 e. The van der Waals surface area contributed by atoms with E-state index in [2.05, 4.69) is 0 Å². The summed E-state index contributed by atoms with van der Waals surface area (Å²) < 4.78 is 0. The zero-order valence-electron chi connectivity index (χ0n) is 12.4. The second-order valence-corrected chi connectivity index (χ2v) is 5.15. The summed E-state index contributed by atoms with van der Waals surface area (Å²) in [6, 6.07) is 12.6. The summed E-state index contributed by atoms with van der Waals surface area (Å²) in [5.41, 5.74) is 2.21. The van der Waals surface area contributed by atoms with Crippen molar-refractivity contribution in [3.8, 4) is 0 Å². The Hall–Kier alpha value is -2.62. The van der Waals surface area contributed by atoms with Crippen LogP contribution in [-0.4, -0.2) is 22.2 Å². The normalized spacial score (nSPS) is 10.4. The molecule has 0 spiro atoms. The molecule has 0 saturated heterocycles. The van der Waals surface area contributed by atoms with Gasteiger partial charge in [-0.25, -0.2) is 9.59 Å². The highest BCUT2D eigenvalue weighted by atomic mass is 16.4. The summed E-state index contributed by atoms with van der Waals surface area (Å²) in [6.45, 7) is 2.01. The fraction of sp³-hybridized carbons (Fsp3) is 0.222. The zero-order chi connectivity index (χ0) is 16.1. The van der Waals surface area contributed by atoms with Crippen LogP contribution in [0.2, 0.25) is 0 Å². The molecule has 114 valence electrons. The smallest absolute Gasteiger partial charge is 0.336 e. The number of carboxylic acid groups (broad SMARTS) is 2. The van der Waals surface area contributed by atoms with Gasteiger partial charge in [0.15, 0.2) is 0 Å². The van der Waals surface area contributed by atoms with Crippen LogP contribution in [0.25, 0.3) is 0 Å². The van der Waals surface area contributed by atoms with Crippen molar-refractivity contribution >= 4 is 11.9 Å². The molecule has 2 aromatic carbocycles. The van der Waals surface area contributed by atoms with E-state index in [-0.39, 0.29) is 11.1 Å². The van der Waals surface area contributed by atoms with E-state index in [1.807, 2.05) is 37.3 Å². The molecule has 0 unspecified atom stereocenters. The lowest BCUT2D eigenvalue weighted by atomic mass is 9.89. The lowest BCUT2D eigenvalue weighted by molar-refractivity contribution is 0.0650. The van der Waals surface area contributed by atoms with Crippen LogP contribution in [0.3, 0.4) is 0 Å². The molecule has 2 rings (SSSR count). The number of benzene rings is 2. The highest BCUT2D eigenvalue weighted by molar-refractivity contribution is 6.03. The van der Waals surface area contributed by atoms with Gasteiger partial charge in [0.1, 0.15) is 0 Å². The van der Waals surface area contributed by atoms with Crippen molar-refractivity contribution in [3.05, 3.63) is 70.3 Å². The van der Waals surface area contributed by atoms with E-state index >= 15 is 0 Å². The van der Waals surface area contributed by atoms with E-state index in [0.29, 0.717) is 12.0 Å². The van der Waals surface area contributed by atoms with Crippen LogP contribution in [0.5, 0.6) is 0 Å². The molecular formula is C18H18O4. The number of hydrogen-bond acceptors (Lipinski definition) is 2. The molecule has 0 saturated carbocycles. The Morgan fingerprint density at radius 2 is 1.64 bits per heavy atom. The molecule has 0 amide bonds. The summed E-state index contributed by atoms with van der Waals surface area (Å²) in [4.78, 5) is 23.0. The van der Waals surface area contributed by atoms with E-state index in [0.717, 1.165) is 24.0 Å². The van der Waals surface area contributed by atoms with Crippen molar-refractivity contribution < 1.29 is 19.8 Å². The van der Waals surface area contributed by atoms with E-state index in [4.69, 9.17) is 0 Å². The van der Waals surface area contributed by atoms with Crippen molar-refractivity contribution in [2.75, 3.05) is 0 Å². The Bertz CT molecular complexity index is 690. The van der Waals surface area contributed by atoms with Gasteiger partial charge < -0.3 is 10.2 Å². The van der Waals surface area contributed by atoms with Gasteiger partial charge in [-0.15, -0.1) is 0 Å². The molecule has 0 heterocycles. The fourth-order valence-corrected chi connectivity index (χ4v) is 2.62. The molecular weight excluding hydrogens is 280 g/mol. The first kappa shape index (κ1) is 15.8. The molecule has 0 aliphatic heterocycles. The molecule has 22 heavy (non-hydrogen) atoms. The minimum atomic E-state index is -1.21. The van der Waals surface area contributed by atoms with Gasteiger partial charge in [-0.05, 0) is 35.6 Å². The molecule has 0 aliphatic rings. The molecule has 0 bridgehead atoms. The topological polar surface area (TPSA) is 74.6 Å². The third-order valence-electron chi connectivity index (χ3n) is 3.60. The largest absolute Gasteiger partial charge is 0.478 e. The minimum Gasteiger partial charge on any atom is -0.478 e. The third kappa shape index (κ3) is 3.34. The second-order valence-electron chi connectivity index (χ2n) is 5.15. The summed E-state index contributed by atoms with van der Waals surface area (Å²) in [5, 5.41) is 18.8. The molecule has 2 N–H and O–H groups in total. The predicted octanol–water partition coefficient (Wildman–Crippen LogP) is 3.63. The van der Waals surface area contributed by atoms with Crippen molar-refractivity contribution in [3.63, 3.8) is 0 Å². The summed E-state index contributed by atoms with van der Waals surface area (Å²) >= 11 is 0. The number of aromatic carboxylic acids is 2. The quantitative estimate of drug-likeness (QED) is 0.854. The number of carbonyl (C=O) groups is 2. The number of aryl methyl sites for hydroxylation is 1. The average molecular weight is 298 g/mol. The van der Waals surface area contributed by atoms with Crippen LogP contribution in [0, 0.1) is 0 Å². The van der Waals surface area contributed by atoms with Crippen LogP contribution in [0.15, 0.2) is 42.5 Å². The molecule has 0 aromatic heterocycles. The number of carboxylic acids is 2. The van der Waals surface area contributed by atoms with Crippen LogP contribution in [0.4, 0.5) is 0 Å². The van der Waals surface area contributed by atoms with Gasteiger partial charge in [0.2, 0.25) is 0 Å². The van der Waals surface area contributed by atoms with Gasteiger partial charge in [-0.1, -0.05) is 49.7 Å². The van der Waals surface area contributed by atoms with Crippen LogP contribution < -0.4 is 0 Å². The van der Waals surface area contributed by atoms with Crippen molar-refractivity contribution in [2.24, 2.45) is 0 Å². The van der Waals surface area contributed by atoms with Crippen molar-refractivity contribution in [1.82, 2.24) is 0 Å². The molecule has 0 atom stereocenters. The first-order chi connectivity index (χ1) is 10.5. The van der Waals surface area contributed by atoms with Crippen molar-refractivity contribution in [2.45, 2.75) is 26.2 Å². The highest BCUT2D eigenvalue weighted by Gasteiger charge is 2.22. The van der Waals surface area contributed by atoms with Gasteiger partial charge in [0, 0.05) is 0 Å². The number of hydrogen-bond donors (Lipinski definition) is 2. The number of rotatable bonds is 6. The van der Waals surface area contributed by atoms with Crippen LogP contribution in [-0.2, 0) is 12.8 Å². The summed E-state index contributed by atoms with van der Waals surface area (Å²) in [7, 11) is 0. The molecule has 4 nitrogen and oxygen atoms in total. The molecule has 4 heteroatoms. The summed E-state index contributed by atoms with van der Waals surface area (Å²) in [6.07, 6.45) is 2.01. The Labute approximate surface area is 129 Å². The zero-order valence-corrected chi connectivity index (χ0v) is 12.4. The van der Waals surface area contributed by atoms with Crippen LogP contribution in [0.1, 0.15) is 50.8 Å². The second kappa shape index (κ2) is 6.89. The molecule has 2 aromatic rings.